The summed E-state index contributed by atoms with van der Waals surface area (Å²) in [6.07, 6.45) is 0. The molecule has 0 radical (unpaired) electrons. The van der Waals surface area contributed by atoms with E-state index in [-0.39, 0.29) is 0 Å². The van der Waals surface area contributed by atoms with E-state index in [1.807, 2.05) is 30.3 Å². The van der Waals surface area contributed by atoms with Crippen molar-refractivity contribution >= 4 is 21.9 Å². The normalized spacial score (nSPS) is 11.2. The number of rotatable bonds is 3. The van der Waals surface area contributed by atoms with Crippen molar-refractivity contribution in [2.45, 2.75) is 0 Å². The van der Waals surface area contributed by atoms with E-state index in [1.54, 1.807) is 0 Å². The van der Waals surface area contributed by atoms with Gasteiger partial charge in [0.1, 0.15) is 5.52 Å². The number of benzene rings is 5. The lowest BCUT2D eigenvalue weighted by atomic mass is 9.98. The Hall–Kier alpha value is -4.17. The molecule has 0 saturated heterocycles. The molecule has 2 heteroatoms. The van der Waals surface area contributed by atoms with Gasteiger partial charge in [0, 0.05) is 5.56 Å². The minimum absolute atomic E-state index is 0.656. The summed E-state index contributed by atoms with van der Waals surface area (Å²) in [6.45, 7) is 0. The van der Waals surface area contributed by atoms with Crippen LogP contribution in [0.1, 0.15) is 0 Å². The molecule has 0 spiro atoms. The van der Waals surface area contributed by atoms with Crippen LogP contribution in [-0.4, -0.2) is 4.98 Å². The van der Waals surface area contributed by atoms with E-state index in [0.29, 0.717) is 5.89 Å². The second-order valence-corrected chi connectivity index (χ2v) is 7.71. The molecule has 0 atom stereocenters. The lowest BCUT2D eigenvalue weighted by Gasteiger charge is -2.07. The number of hydrogen-bond acceptors (Lipinski definition) is 2. The van der Waals surface area contributed by atoms with E-state index in [0.717, 1.165) is 16.7 Å². The maximum Gasteiger partial charge on any atom is 0.227 e. The highest BCUT2D eigenvalue weighted by Gasteiger charge is 2.09. The second kappa shape index (κ2) is 7.26. The molecule has 0 aliphatic rings. The van der Waals surface area contributed by atoms with Gasteiger partial charge in [0.15, 0.2) is 5.58 Å². The fourth-order valence-electron chi connectivity index (χ4n) is 4.04. The molecule has 0 aliphatic carbocycles. The van der Waals surface area contributed by atoms with Gasteiger partial charge in [-0.1, -0.05) is 84.9 Å². The molecule has 6 rings (SSSR count). The molecule has 0 saturated carbocycles. The Morgan fingerprint density at radius 2 is 1.00 bits per heavy atom. The van der Waals surface area contributed by atoms with Crippen LogP contribution in [-0.2, 0) is 0 Å². The van der Waals surface area contributed by atoms with Gasteiger partial charge in [0.05, 0.1) is 0 Å². The Labute approximate surface area is 180 Å². The van der Waals surface area contributed by atoms with Gasteiger partial charge in [-0.25, -0.2) is 4.98 Å². The van der Waals surface area contributed by atoms with E-state index in [4.69, 9.17) is 4.42 Å². The first-order chi connectivity index (χ1) is 15.3. The average molecular weight is 397 g/mol. The molecule has 6 aromatic rings. The SMILES string of the molecule is c1ccc(-c2ccc(-c3ccc4cc(-c5nc6ccccc6o5)ccc4c3)cc2)cc1. The van der Waals surface area contributed by atoms with Gasteiger partial charge in [-0.3, -0.25) is 0 Å². The van der Waals surface area contributed by atoms with Crippen LogP contribution in [0.2, 0.25) is 0 Å². The molecule has 1 heterocycles. The van der Waals surface area contributed by atoms with Crippen molar-refractivity contribution in [3.8, 4) is 33.7 Å². The quantitative estimate of drug-likeness (QED) is 0.302. The van der Waals surface area contributed by atoms with Crippen LogP contribution in [0.5, 0.6) is 0 Å². The van der Waals surface area contributed by atoms with Crippen molar-refractivity contribution in [1.29, 1.82) is 0 Å². The van der Waals surface area contributed by atoms with Crippen molar-refractivity contribution in [2.24, 2.45) is 0 Å². The highest BCUT2D eigenvalue weighted by atomic mass is 16.3. The minimum Gasteiger partial charge on any atom is -0.436 e. The fraction of sp³-hybridized carbons (Fsp3) is 0. The molecular formula is C29H19NO. The summed E-state index contributed by atoms with van der Waals surface area (Å²) < 4.78 is 5.93. The monoisotopic (exact) mass is 397 g/mol. The Kier molecular flexibility index (Phi) is 4.14. The minimum atomic E-state index is 0.656. The number of hydrogen-bond donors (Lipinski definition) is 0. The van der Waals surface area contributed by atoms with E-state index >= 15 is 0 Å². The Bertz CT molecular complexity index is 1480. The topological polar surface area (TPSA) is 26.0 Å². The largest absolute Gasteiger partial charge is 0.436 e. The maximum atomic E-state index is 5.93. The highest BCUT2D eigenvalue weighted by Crippen LogP contribution is 2.31. The van der Waals surface area contributed by atoms with Crippen LogP contribution in [0, 0.1) is 0 Å². The zero-order valence-corrected chi connectivity index (χ0v) is 16.8. The molecule has 146 valence electrons. The molecule has 0 aliphatic heterocycles. The average Bonchev–Trinajstić information content (AvgIpc) is 3.28. The zero-order valence-electron chi connectivity index (χ0n) is 16.8. The standard InChI is InChI=1S/C29H19NO/c1-2-6-20(7-3-1)21-10-12-22(13-11-21)23-14-15-25-19-26(17-16-24(25)18-23)29-30-27-8-4-5-9-28(27)31-29/h1-19H. The Morgan fingerprint density at radius 1 is 0.452 bits per heavy atom. The molecule has 0 amide bonds. The first-order valence-electron chi connectivity index (χ1n) is 10.4. The predicted octanol–water partition coefficient (Wildman–Crippen LogP) is 7.98. The summed E-state index contributed by atoms with van der Waals surface area (Å²) >= 11 is 0. The van der Waals surface area contributed by atoms with Crippen LogP contribution >= 0.6 is 0 Å². The van der Waals surface area contributed by atoms with Gasteiger partial charge in [0.25, 0.3) is 0 Å². The summed E-state index contributed by atoms with van der Waals surface area (Å²) in [7, 11) is 0. The number of nitrogens with zero attached hydrogens (tertiary/aromatic N) is 1. The van der Waals surface area contributed by atoms with E-state index < -0.39 is 0 Å². The summed E-state index contributed by atoms with van der Waals surface area (Å²) in [6, 6.07) is 40.0. The fourth-order valence-corrected chi connectivity index (χ4v) is 4.04. The third-order valence-corrected chi connectivity index (χ3v) is 5.71. The lowest BCUT2D eigenvalue weighted by Crippen LogP contribution is -1.83. The second-order valence-electron chi connectivity index (χ2n) is 7.71. The van der Waals surface area contributed by atoms with Crippen LogP contribution in [0.4, 0.5) is 0 Å². The predicted molar refractivity (Wildman–Crippen MR) is 128 cm³/mol. The molecule has 1 aromatic heterocycles. The van der Waals surface area contributed by atoms with Crippen molar-refractivity contribution < 1.29 is 4.42 Å². The third kappa shape index (κ3) is 3.28. The van der Waals surface area contributed by atoms with Gasteiger partial charge in [-0.15, -0.1) is 0 Å². The van der Waals surface area contributed by atoms with Crippen molar-refractivity contribution in [1.82, 2.24) is 4.98 Å². The van der Waals surface area contributed by atoms with Crippen LogP contribution in [0.15, 0.2) is 120 Å². The smallest absolute Gasteiger partial charge is 0.227 e. The maximum absolute atomic E-state index is 5.93. The molecule has 31 heavy (non-hydrogen) atoms. The first-order valence-corrected chi connectivity index (χ1v) is 10.4. The van der Waals surface area contributed by atoms with Gasteiger partial charge in [-0.2, -0.15) is 0 Å². The summed E-state index contributed by atoms with van der Waals surface area (Å²) in [4.78, 5) is 4.62. The van der Waals surface area contributed by atoms with E-state index in [1.165, 1.54) is 33.0 Å². The Balaban J connectivity index is 1.34. The molecule has 2 nitrogen and oxygen atoms in total. The summed E-state index contributed by atoms with van der Waals surface area (Å²) in [5, 5.41) is 2.37. The molecule has 0 fully saturated rings. The first kappa shape index (κ1) is 17.7. The molecule has 0 N–H and O–H groups in total. The Morgan fingerprint density at radius 3 is 1.74 bits per heavy atom. The number of para-hydroxylation sites is 2. The highest BCUT2D eigenvalue weighted by molar-refractivity contribution is 5.90. The number of oxazole rings is 1. The van der Waals surface area contributed by atoms with Crippen molar-refractivity contribution in [2.75, 3.05) is 0 Å². The summed E-state index contributed by atoms with van der Waals surface area (Å²) in [5.41, 5.74) is 7.57. The zero-order chi connectivity index (χ0) is 20.6. The molecule has 0 bridgehead atoms. The van der Waals surface area contributed by atoms with Gasteiger partial charge >= 0.3 is 0 Å². The van der Waals surface area contributed by atoms with Gasteiger partial charge in [0.2, 0.25) is 5.89 Å². The van der Waals surface area contributed by atoms with E-state index in [9.17, 15) is 0 Å². The molecule has 5 aromatic carbocycles. The van der Waals surface area contributed by atoms with Crippen LogP contribution in [0.3, 0.4) is 0 Å². The molecular weight excluding hydrogens is 378 g/mol. The number of fused-ring (bicyclic) bond motifs is 2. The van der Waals surface area contributed by atoms with Crippen LogP contribution < -0.4 is 0 Å². The summed E-state index contributed by atoms with van der Waals surface area (Å²) in [5.74, 6) is 0.656. The van der Waals surface area contributed by atoms with Crippen LogP contribution in [0.25, 0.3) is 55.6 Å². The lowest BCUT2D eigenvalue weighted by molar-refractivity contribution is 0.620. The van der Waals surface area contributed by atoms with Crippen molar-refractivity contribution in [3.63, 3.8) is 0 Å². The van der Waals surface area contributed by atoms with Gasteiger partial charge < -0.3 is 4.42 Å². The molecule has 0 unspecified atom stereocenters. The van der Waals surface area contributed by atoms with Crippen molar-refractivity contribution in [3.05, 3.63) is 115 Å². The van der Waals surface area contributed by atoms with Gasteiger partial charge in [-0.05, 0) is 63.4 Å². The van der Waals surface area contributed by atoms with E-state index in [2.05, 4.69) is 89.9 Å². The third-order valence-electron chi connectivity index (χ3n) is 5.71. The number of aromatic nitrogens is 1.